The zero-order valence-electron chi connectivity index (χ0n) is 19.3. The van der Waals surface area contributed by atoms with Gasteiger partial charge in [-0.1, -0.05) is 65.8 Å². The lowest BCUT2D eigenvalue weighted by atomic mass is 9.70. The number of halogens is 4. The van der Waals surface area contributed by atoms with E-state index in [1.807, 2.05) is 11.4 Å². The first kappa shape index (κ1) is 27.7. The molecule has 1 aliphatic rings. The standard InChI is InChI=1S/C26H19ClF3N3O3S2/c27-18-10-5-4-9-16(18)21-17(13-31)24(38-14-20(34)32-15-7-2-1-3-8-15)33-25(36,26(28,29)30)22(21)23(35)19-11-6-12-37-19/h1-12,21-22,33,36H,14H2,(H,32,34)/t21-,22-,25-/m1/s1. The number of rotatable bonds is 7. The van der Waals surface area contributed by atoms with E-state index in [1.54, 1.807) is 36.4 Å². The maximum atomic E-state index is 14.6. The average Bonchev–Trinajstić information content (AvgIpc) is 3.42. The molecule has 1 aromatic heterocycles. The number of para-hydroxylation sites is 1. The molecule has 3 N–H and O–H groups in total. The molecule has 0 radical (unpaired) electrons. The van der Waals surface area contributed by atoms with E-state index < -0.39 is 35.4 Å². The first-order chi connectivity index (χ1) is 18.1. The summed E-state index contributed by atoms with van der Waals surface area (Å²) in [4.78, 5) is 26.0. The predicted molar refractivity (Wildman–Crippen MR) is 141 cm³/mol. The highest BCUT2D eigenvalue weighted by atomic mass is 35.5. The Bertz CT molecular complexity index is 1410. The van der Waals surface area contributed by atoms with Gasteiger partial charge in [0.2, 0.25) is 11.6 Å². The average molecular weight is 578 g/mol. The molecule has 0 fully saturated rings. The highest BCUT2D eigenvalue weighted by Gasteiger charge is 2.66. The minimum Gasteiger partial charge on any atom is -0.363 e. The molecule has 0 aliphatic carbocycles. The van der Waals surface area contributed by atoms with Crippen molar-refractivity contribution >= 4 is 52.1 Å². The first-order valence-electron chi connectivity index (χ1n) is 11.1. The van der Waals surface area contributed by atoms with Gasteiger partial charge in [-0.3, -0.25) is 9.59 Å². The summed E-state index contributed by atoms with van der Waals surface area (Å²) < 4.78 is 43.7. The van der Waals surface area contributed by atoms with Crippen LogP contribution in [0.3, 0.4) is 0 Å². The maximum absolute atomic E-state index is 14.6. The fourth-order valence-electron chi connectivity index (χ4n) is 4.18. The van der Waals surface area contributed by atoms with Crippen molar-refractivity contribution in [2.75, 3.05) is 11.1 Å². The van der Waals surface area contributed by atoms with Crippen LogP contribution in [0.2, 0.25) is 5.02 Å². The van der Waals surface area contributed by atoms with E-state index in [9.17, 15) is 33.1 Å². The van der Waals surface area contributed by atoms with Crippen molar-refractivity contribution in [3.63, 3.8) is 0 Å². The number of anilines is 1. The van der Waals surface area contributed by atoms with Gasteiger partial charge >= 0.3 is 6.18 Å². The second-order valence-electron chi connectivity index (χ2n) is 8.27. The monoisotopic (exact) mass is 577 g/mol. The van der Waals surface area contributed by atoms with Crippen LogP contribution < -0.4 is 10.6 Å². The van der Waals surface area contributed by atoms with E-state index in [-0.39, 0.29) is 31.8 Å². The number of carbonyl (C=O) groups excluding carboxylic acids is 2. The molecule has 3 atom stereocenters. The number of hydrogen-bond donors (Lipinski definition) is 3. The molecule has 0 bridgehead atoms. The van der Waals surface area contributed by atoms with E-state index in [4.69, 9.17) is 11.6 Å². The fourth-order valence-corrected chi connectivity index (χ4v) is 6.04. The van der Waals surface area contributed by atoms with Gasteiger partial charge in [0, 0.05) is 16.6 Å². The molecule has 38 heavy (non-hydrogen) atoms. The minimum absolute atomic E-state index is 0.0202. The number of nitriles is 1. The summed E-state index contributed by atoms with van der Waals surface area (Å²) in [7, 11) is 0. The highest BCUT2D eigenvalue weighted by molar-refractivity contribution is 8.03. The largest absolute Gasteiger partial charge is 0.437 e. The molecule has 196 valence electrons. The Morgan fingerprint density at radius 1 is 1.13 bits per heavy atom. The van der Waals surface area contributed by atoms with Gasteiger partial charge in [0.1, 0.15) is 0 Å². The molecule has 0 unspecified atom stereocenters. The number of nitrogens with zero attached hydrogens (tertiary/aromatic N) is 1. The molecule has 3 aromatic rings. The number of hydrogen-bond acceptors (Lipinski definition) is 7. The number of carbonyl (C=O) groups is 2. The van der Waals surface area contributed by atoms with Crippen molar-refractivity contribution in [2.24, 2.45) is 5.92 Å². The summed E-state index contributed by atoms with van der Waals surface area (Å²) in [6.07, 6.45) is -5.34. The van der Waals surface area contributed by atoms with Crippen molar-refractivity contribution in [3.05, 3.63) is 98.2 Å². The Morgan fingerprint density at radius 2 is 1.82 bits per heavy atom. The third-order valence-corrected chi connectivity index (χ3v) is 8.13. The maximum Gasteiger partial charge on any atom is 0.437 e. The molecular formula is C26H19ClF3N3O3S2. The molecule has 0 saturated carbocycles. The van der Waals surface area contributed by atoms with Crippen LogP contribution in [0.1, 0.15) is 21.2 Å². The Labute approximate surface area is 229 Å². The third kappa shape index (κ3) is 5.44. The normalized spacial score (nSPS) is 21.4. The Morgan fingerprint density at radius 3 is 2.42 bits per heavy atom. The van der Waals surface area contributed by atoms with Crippen LogP contribution in [0, 0.1) is 17.2 Å². The van der Waals surface area contributed by atoms with E-state index >= 15 is 0 Å². The van der Waals surface area contributed by atoms with Crippen LogP contribution in [0.15, 0.2) is 82.7 Å². The lowest BCUT2D eigenvalue weighted by molar-refractivity contribution is -0.285. The summed E-state index contributed by atoms with van der Waals surface area (Å²) in [6, 6.07) is 19.1. The van der Waals surface area contributed by atoms with Gasteiger partial charge in [0.25, 0.3) is 0 Å². The number of nitrogens with one attached hydrogen (secondary N) is 2. The number of benzene rings is 2. The molecule has 0 spiro atoms. The lowest BCUT2D eigenvalue weighted by Crippen LogP contribution is -2.66. The smallest absolute Gasteiger partial charge is 0.363 e. The van der Waals surface area contributed by atoms with E-state index in [0.717, 1.165) is 11.3 Å². The van der Waals surface area contributed by atoms with Gasteiger partial charge in [-0.25, -0.2) is 0 Å². The number of thioether (sulfide) groups is 1. The molecule has 1 amide bonds. The summed E-state index contributed by atoms with van der Waals surface area (Å²) in [5.41, 5.74) is -3.47. The van der Waals surface area contributed by atoms with Crippen molar-refractivity contribution in [3.8, 4) is 6.07 Å². The summed E-state index contributed by atoms with van der Waals surface area (Å²) >= 11 is 7.88. The number of thiophene rings is 1. The Hall–Kier alpha value is -3.30. The van der Waals surface area contributed by atoms with Gasteiger partial charge in [0.15, 0.2) is 5.78 Å². The molecule has 4 rings (SSSR count). The third-order valence-electron chi connectivity index (χ3n) is 5.89. The van der Waals surface area contributed by atoms with Gasteiger partial charge < -0.3 is 15.7 Å². The summed E-state index contributed by atoms with van der Waals surface area (Å²) in [6.45, 7) is 0. The first-order valence-corrected chi connectivity index (χ1v) is 13.3. The molecular weight excluding hydrogens is 559 g/mol. The van der Waals surface area contributed by atoms with Gasteiger partial charge in [-0.2, -0.15) is 18.4 Å². The second kappa shape index (κ2) is 11.2. The number of allylic oxidation sites excluding steroid dienone is 1. The van der Waals surface area contributed by atoms with Crippen LogP contribution in [0.4, 0.5) is 18.9 Å². The summed E-state index contributed by atoms with van der Waals surface area (Å²) in [5, 5.41) is 27.1. The second-order valence-corrected chi connectivity index (χ2v) is 10.6. The zero-order chi connectivity index (χ0) is 27.5. The Kier molecular flexibility index (Phi) is 8.18. The van der Waals surface area contributed by atoms with Crippen molar-refractivity contribution < 1.29 is 27.9 Å². The van der Waals surface area contributed by atoms with E-state index in [2.05, 4.69) is 5.32 Å². The van der Waals surface area contributed by atoms with E-state index in [0.29, 0.717) is 17.4 Å². The zero-order valence-corrected chi connectivity index (χ0v) is 21.7. The minimum atomic E-state index is -5.34. The van der Waals surface area contributed by atoms with Crippen LogP contribution in [0.5, 0.6) is 0 Å². The number of ketones is 1. The number of aliphatic hydroxyl groups is 1. The molecule has 0 saturated heterocycles. The lowest BCUT2D eigenvalue weighted by Gasteiger charge is -2.45. The number of alkyl halides is 3. The van der Waals surface area contributed by atoms with Gasteiger partial charge in [0.05, 0.1) is 33.2 Å². The highest BCUT2D eigenvalue weighted by Crippen LogP contribution is 2.52. The fraction of sp³-hybridized carbons (Fsp3) is 0.192. The van der Waals surface area contributed by atoms with Crippen molar-refractivity contribution in [1.82, 2.24) is 5.32 Å². The van der Waals surface area contributed by atoms with E-state index in [1.165, 1.54) is 35.7 Å². The molecule has 2 heterocycles. The molecule has 1 aliphatic heterocycles. The van der Waals surface area contributed by atoms with Crippen LogP contribution >= 0.6 is 34.7 Å². The molecule has 12 heteroatoms. The van der Waals surface area contributed by atoms with Crippen LogP contribution in [0.25, 0.3) is 0 Å². The predicted octanol–water partition coefficient (Wildman–Crippen LogP) is 5.95. The molecule has 2 aromatic carbocycles. The van der Waals surface area contributed by atoms with Gasteiger partial charge in [-0.05, 0) is 35.2 Å². The van der Waals surface area contributed by atoms with Crippen LogP contribution in [-0.4, -0.2) is 34.5 Å². The SMILES string of the molecule is N#CC1=C(SCC(=O)Nc2ccccc2)N[C@](O)(C(F)(F)F)[C@@H](C(=O)c2cccs2)[C@@H]1c1ccccc1Cl. The number of amides is 1. The van der Waals surface area contributed by atoms with Crippen molar-refractivity contribution in [2.45, 2.75) is 17.8 Å². The van der Waals surface area contributed by atoms with Gasteiger partial charge in [-0.15, -0.1) is 11.3 Å². The molecule has 6 nitrogen and oxygen atoms in total. The summed E-state index contributed by atoms with van der Waals surface area (Å²) in [5.74, 6) is -5.67. The number of Topliss-reactive ketones (excluding diaryl/α,β-unsaturated/α-hetero) is 1. The Balaban J connectivity index is 1.82. The quantitative estimate of drug-likeness (QED) is 0.300. The van der Waals surface area contributed by atoms with Crippen LogP contribution in [-0.2, 0) is 4.79 Å². The topological polar surface area (TPSA) is 102 Å². The van der Waals surface area contributed by atoms with Crippen molar-refractivity contribution in [1.29, 1.82) is 5.26 Å².